The predicted molar refractivity (Wildman–Crippen MR) is 75.2 cm³/mol. The van der Waals surface area contributed by atoms with E-state index in [9.17, 15) is 0 Å². The average molecular weight is 248 g/mol. The summed E-state index contributed by atoms with van der Waals surface area (Å²) in [5.41, 5.74) is 1.25. The molecule has 100 valence electrons. The number of piperazine rings is 1. The summed E-state index contributed by atoms with van der Waals surface area (Å²) >= 11 is 0. The maximum atomic E-state index is 5.82. The minimum atomic E-state index is 0.592. The first-order valence-corrected chi connectivity index (χ1v) is 6.83. The standard InChI is InChI=1S/C15H24N2O/c1-12-5-4-6-15(9-12)18-8-7-17-13(2)10-16-11-14(17)3/h4-6,9,13-14,16H,7-8,10-11H2,1-3H3. The smallest absolute Gasteiger partial charge is 0.119 e. The Bertz CT molecular complexity index is 371. The Hall–Kier alpha value is -1.06. The van der Waals surface area contributed by atoms with E-state index >= 15 is 0 Å². The van der Waals surface area contributed by atoms with Crippen molar-refractivity contribution in [1.29, 1.82) is 0 Å². The highest BCUT2D eigenvalue weighted by Crippen LogP contribution is 2.13. The number of nitrogens with zero attached hydrogens (tertiary/aromatic N) is 1. The van der Waals surface area contributed by atoms with Crippen molar-refractivity contribution in [2.75, 3.05) is 26.2 Å². The lowest BCUT2D eigenvalue weighted by molar-refractivity contribution is 0.0966. The van der Waals surface area contributed by atoms with Gasteiger partial charge in [0.05, 0.1) is 0 Å². The van der Waals surface area contributed by atoms with Crippen molar-refractivity contribution < 1.29 is 4.74 Å². The molecule has 1 aromatic rings. The topological polar surface area (TPSA) is 24.5 Å². The SMILES string of the molecule is Cc1cccc(OCCN2C(C)CNCC2C)c1. The van der Waals surface area contributed by atoms with Gasteiger partial charge in [0.1, 0.15) is 12.4 Å². The molecule has 3 nitrogen and oxygen atoms in total. The Balaban J connectivity index is 1.81. The Labute approximate surface area is 110 Å². The number of hydrogen-bond acceptors (Lipinski definition) is 3. The van der Waals surface area contributed by atoms with E-state index in [4.69, 9.17) is 4.74 Å². The summed E-state index contributed by atoms with van der Waals surface area (Å²) in [4.78, 5) is 2.52. The molecule has 0 bridgehead atoms. The van der Waals surface area contributed by atoms with Gasteiger partial charge in [-0.25, -0.2) is 0 Å². The zero-order chi connectivity index (χ0) is 13.0. The van der Waals surface area contributed by atoms with Gasteiger partial charge in [-0.15, -0.1) is 0 Å². The van der Waals surface area contributed by atoms with Gasteiger partial charge in [0.25, 0.3) is 0 Å². The summed E-state index contributed by atoms with van der Waals surface area (Å²) in [7, 11) is 0. The molecule has 0 spiro atoms. The van der Waals surface area contributed by atoms with Crippen molar-refractivity contribution >= 4 is 0 Å². The van der Waals surface area contributed by atoms with Crippen LogP contribution in [0.3, 0.4) is 0 Å². The molecule has 0 radical (unpaired) electrons. The lowest BCUT2D eigenvalue weighted by atomic mass is 10.1. The second-order valence-corrected chi connectivity index (χ2v) is 5.26. The lowest BCUT2D eigenvalue weighted by Gasteiger charge is -2.39. The maximum absolute atomic E-state index is 5.82. The van der Waals surface area contributed by atoms with Crippen LogP contribution in [-0.4, -0.2) is 43.2 Å². The fraction of sp³-hybridized carbons (Fsp3) is 0.600. The summed E-state index contributed by atoms with van der Waals surface area (Å²) < 4.78 is 5.82. The van der Waals surface area contributed by atoms with E-state index in [-0.39, 0.29) is 0 Å². The summed E-state index contributed by atoms with van der Waals surface area (Å²) in [6, 6.07) is 9.43. The molecule has 1 aliphatic rings. The molecule has 1 N–H and O–H groups in total. The van der Waals surface area contributed by atoms with Gasteiger partial charge in [-0.1, -0.05) is 12.1 Å². The van der Waals surface area contributed by atoms with Crippen molar-refractivity contribution in [3.05, 3.63) is 29.8 Å². The number of ether oxygens (including phenoxy) is 1. The van der Waals surface area contributed by atoms with Crippen molar-refractivity contribution in [2.45, 2.75) is 32.9 Å². The van der Waals surface area contributed by atoms with Gasteiger partial charge in [0.2, 0.25) is 0 Å². The van der Waals surface area contributed by atoms with Gasteiger partial charge in [-0.3, -0.25) is 4.90 Å². The zero-order valence-electron chi connectivity index (χ0n) is 11.6. The summed E-state index contributed by atoms with van der Waals surface area (Å²) in [5.74, 6) is 0.977. The van der Waals surface area contributed by atoms with Crippen LogP contribution in [0.25, 0.3) is 0 Å². The summed E-state index contributed by atoms with van der Waals surface area (Å²) in [6.45, 7) is 10.6. The Morgan fingerprint density at radius 3 is 2.67 bits per heavy atom. The van der Waals surface area contributed by atoms with Crippen LogP contribution < -0.4 is 10.1 Å². The van der Waals surface area contributed by atoms with E-state index < -0.39 is 0 Å². The molecule has 0 aromatic heterocycles. The first-order chi connectivity index (χ1) is 8.66. The van der Waals surface area contributed by atoms with Crippen LogP contribution in [0.2, 0.25) is 0 Å². The molecule has 1 heterocycles. The van der Waals surface area contributed by atoms with Crippen LogP contribution in [0.4, 0.5) is 0 Å². The van der Waals surface area contributed by atoms with Crippen LogP contribution in [0.1, 0.15) is 19.4 Å². The van der Waals surface area contributed by atoms with Gasteiger partial charge in [0, 0.05) is 31.7 Å². The van der Waals surface area contributed by atoms with E-state index in [0.717, 1.165) is 32.0 Å². The third-order valence-electron chi connectivity index (χ3n) is 3.62. The highest BCUT2D eigenvalue weighted by Gasteiger charge is 2.23. The second-order valence-electron chi connectivity index (χ2n) is 5.26. The molecule has 1 aromatic carbocycles. The van der Waals surface area contributed by atoms with Gasteiger partial charge < -0.3 is 10.1 Å². The molecular formula is C15H24N2O. The molecule has 2 unspecified atom stereocenters. The van der Waals surface area contributed by atoms with Crippen LogP contribution >= 0.6 is 0 Å². The molecule has 2 atom stereocenters. The number of benzene rings is 1. The highest BCUT2D eigenvalue weighted by molar-refractivity contribution is 5.27. The molecule has 2 rings (SSSR count). The maximum Gasteiger partial charge on any atom is 0.119 e. The van der Waals surface area contributed by atoms with E-state index in [1.807, 2.05) is 12.1 Å². The van der Waals surface area contributed by atoms with Crippen molar-refractivity contribution in [3.63, 3.8) is 0 Å². The summed E-state index contributed by atoms with van der Waals surface area (Å²) in [5, 5.41) is 3.45. The molecule has 3 heteroatoms. The summed E-state index contributed by atoms with van der Waals surface area (Å²) in [6.07, 6.45) is 0. The Kier molecular flexibility index (Phi) is 4.61. The van der Waals surface area contributed by atoms with Crippen molar-refractivity contribution in [1.82, 2.24) is 10.2 Å². The second kappa shape index (κ2) is 6.21. The van der Waals surface area contributed by atoms with E-state index in [1.165, 1.54) is 5.56 Å². The number of hydrogen-bond donors (Lipinski definition) is 1. The Morgan fingerprint density at radius 2 is 2.00 bits per heavy atom. The van der Waals surface area contributed by atoms with Crippen LogP contribution in [0.15, 0.2) is 24.3 Å². The fourth-order valence-electron chi connectivity index (χ4n) is 2.58. The Morgan fingerprint density at radius 1 is 1.28 bits per heavy atom. The van der Waals surface area contributed by atoms with E-state index in [0.29, 0.717) is 12.1 Å². The largest absolute Gasteiger partial charge is 0.492 e. The van der Waals surface area contributed by atoms with Gasteiger partial charge in [-0.05, 0) is 38.5 Å². The zero-order valence-corrected chi connectivity index (χ0v) is 11.6. The van der Waals surface area contributed by atoms with Gasteiger partial charge in [-0.2, -0.15) is 0 Å². The predicted octanol–water partition coefficient (Wildman–Crippen LogP) is 2.06. The molecule has 0 aliphatic carbocycles. The molecule has 0 saturated carbocycles. The highest BCUT2D eigenvalue weighted by atomic mass is 16.5. The third kappa shape index (κ3) is 3.47. The number of rotatable bonds is 4. The molecular weight excluding hydrogens is 224 g/mol. The van der Waals surface area contributed by atoms with E-state index in [2.05, 4.69) is 43.1 Å². The molecule has 1 aliphatic heterocycles. The normalized spacial score (nSPS) is 25.1. The molecule has 18 heavy (non-hydrogen) atoms. The first kappa shape index (κ1) is 13.4. The van der Waals surface area contributed by atoms with E-state index in [1.54, 1.807) is 0 Å². The first-order valence-electron chi connectivity index (χ1n) is 6.83. The molecule has 0 amide bonds. The number of aryl methyl sites for hydroxylation is 1. The van der Waals surface area contributed by atoms with Crippen molar-refractivity contribution in [2.24, 2.45) is 0 Å². The van der Waals surface area contributed by atoms with Crippen molar-refractivity contribution in [3.8, 4) is 5.75 Å². The molecule has 1 fully saturated rings. The van der Waals surface area contributed by atoms with Gasteiger partial charge >= 0.3 is 0 Å². The monoisotopic (exact) mass is 248 g/mol. The quantitative estimate of drug-likeness (QED) is 0.882. The number of nitrogens with one attached hydrogen (secondary N) is 1. The van der Waals surface area contributed by atoms with Crippen LogP contribution in [0, 0.1) is 6.92 Å². The minimum Gasteiger partial charge on any atom is -0.492 e. The average Bonchev–Trinajstić information content (AvgIpc) is 2.33. The van der Waals surface area contributed by atoms with Crippen LogP contribution in [0.5, 0.6) is 5.75 Å². The third-order valence-corrected chi connectivity index (χ3v) is 3.62. The molecule has 1 saturated heterocycles. The minimum absolute atomic E-state index is 0.592. The van der Waals surface area contributed by atoms with Crippen LogP contribution in [-0.2, 0) is 0 Å². The fourth-order valence-corrected chi connectivity index (χ4v) is 2.58. The van der Waals surface area contributed by atoms with Gasteiger partial charge in [0.15, 0.2) is 0 Å². The lowest BCUT2D eigenvalue weighted by Crippen LogP contribution is -2.55.